The van der Waals surface area contributed by atoms with Gasteiger partial charge in [0.05, 0.1) is 11.0 Å². The van der Waals surface area contributed by atoms with Crippen molar-refractivity contribution in [1.29, 1.82) is 0 Å². The summed E-state index contributed by atoms with van der Waals surface area (Å²) in [5, 5.41) is 13.5. The third-order valence-electron chi connectivity index (χ3n) is 3.39. The van der Waals surface area contributed by atoms with E-state index in [1.54, 1.807) is 6.92 Å². The van der Waals surface area contributed by atoms with Gasteiger partial charge in [0.1, 0.15) is 5.75 Å². The first-order valence-corrected chi connectivity index (χ1v) is 7.24. The Balaban J connectivity index is 1.93. The van der Waals surface area contributed by atoms with E-state index in [2.05, 4.69) is 5.32 Å². The standard InChI is InChI=1S/C17H18N2O4/c1-12(14-6-4-3-5-7-14)18-17(20)13(2)23-16-10-8-15(9-11-16)19(21)22/h3-13H,1-2H3,(H,18,20). The lowest BCUT2D eigenvalue weighted by atomic mass is 10.1. The third-order valence-corrected chi connectivity index (χ3v) is 3.39. The predicted molar refractivity (Wildman–Crippen MR) is 86.2 cm³/mol. The van der Waals surface area contributed by atoms with Crippen LogP contribution in [0.1, 0.15) is 25.5 Å². The van der Waals surface area contributed by atoms with Crippen LogP contribution in [0, 0.1) is 10.1 Å². The quantitative estimate of drug-likeness (QED) is 0.655. The predicted octanol–water partition coefficient (Wildman–Crippen LogP) is 3.24. The van der Waals surface area contributed by atoms with Crippen LogP contribution in [0.4, 0.5) is 5.69 Å². The first kappa shape index (κ1) is 16.5. The van der Waals surface area contributed by atoms with E-state index in [9.17, 15) is 14.9 Å². The number of benzene rings is 2. The first-order valence-electron chi connectivity index (χ1n) is 7.24. The van der Waals surface area contributed by atoms with Crippen LogP contribution in [0.15, 0.2) is 54.6 Å². The zero-order chi connectivity index (χ0) is 16.8. The highest BCUT2D eigenvalue weighted by Crippen LogP contribution is 2.19. The van der Waals surface area contributed by atoms with Crippen molar-refractivity contribution in [1.82, 2.24) is 5.32 Å². The molecule has 0 radical (unpaired) electrons. The summed E-state index contributed by atoms with van der Waals surface area (Å²) < 4.78 is 5.51. The molecule has 2 unspecified atom stereocenters. The number of amides is 1. The van der Waals surface area contributed by atoms with Crippen LogP contribution in [0.3, 0.4) is 0 Å². The molecule has 2 aromatic carbocycles. The molecule has 1 N–H and O–H groups in total. The minimum Gasteiger partial charge on any atom is -0.481 e. The molecule has 0 saturated carbocycles. The first-order chi connectivity index (χ1) is 11.0. The summed E-state index contributed by atoms with van der Waals surface area (Å²) in [4.78, 5) is 22.3. The van der Waals surface area contributed by atoms with Gasteiger partial charge in [-0.05, 0) is 31.5 Å². The van der Waals surface area contributed by atoms with Gasteiger partial charge in [-0.3, -0.25) is 14.9 Å². The maximum absolute atomic E-state index is 12.2. The van der Waals surface area contributed by atoms with Gasteiger partial charge in [-0.1, -0.05) is 30.3 Å². The van der Waals surface area contributed by atoms with E-state index in [0.29, 0.717) is 5.75 Å². The number of hydrogen-bond acceptors (Lipinski definition) is 4. The summed E-state index contributed by atoms with van der Waals surface area (Å²) in [6.45, 7) is 3.53. The second-order valence-corrected chi connectivity index (χ2v) is 5.15. The van der Waals surface area contributed by atoms with Crippen molar-refractivity contribution in [3.8, 4) is 5.75 Å². The molecule has 120 valence electrons. The van der Waals surface area contributed by atoms with E-state index in [0.717, 1.165) is 5.56 Å². The van der Waals surface area contributed by atoms with Crippen LogP contribution < -0.4 is 10.1 Å². The fraction of sp³-hybridized carbons (Fsp3) is 0.235. The molecule has 0 aliphatic carbocycles. The molecule has 2 aromatic rings. The summed E-state index contributed by atoms with van der Waals surface area (Å²) in [6, 6.07) is 15.1. The molecule has 6 heteroatoms. The molecule has 0 saturated heterocycles. The van der Waals surface area contributed by atoms with E-state index < -0.39 is 11.0 Å². The molecule has 0 aromatic heterocycles. The molecule has 2 atom stereocenters. The lowest BCUT2D eigenvalue weighted by Gasteiger charge is -2.19. The summed E-state index contributed by atoms with van der Waals surface area (Å²) >= 11 is 0. The highest BCUT2D eigenvalue weighted by atomic mass is 16.6. The second kappa shape index (κ2) is 7.40. The number of carbonyl (C=O) groups excluding carboxylic acids is 1. The monoisotopic (exact) mass is 314 g/mol. The van der Waals surface area contributed by atoms with Gasteiger partial charge in [-0.2, -0.15) is 0 Å². The molecule has 0 aliphatic heterocycles. The van der Waals surface area contributed by atoms with Crippen molar-refractivity contribution in [2.45, 2.75) is 26.0 Å². The molecule has 23 heavy (non-hydrogen) atoms. The SMILES string of the molecule is CC(Oc1ccc([N+](=O)[O-])cc1)C(=O)NC(C)c1ccccc1. The van der Waals surface area contributed by atoms with E-state index in [4.69, 9.17) is 4.74 Å². The number of ether oxygens (including phenoxy) is 1. The fourth-order valence-corrected chi connectivity index (χ4v) is 2.06. The van der Waals surface area contributed by atoms with Gasteiger partial charge in [-0.25, -0.2) is 0 Å². The van der Waals surface area contributed by atoms with E-state index in [1.807, 2.05) is 37.3 Å². The van der Waals surface area contributed by atoms with Gasteiger partial charge in [0.2, 0.25) is 0 Å². The maximum Gasteiger partial charge on any atom is 0.269 e. The smallest absolute Gasteiger partial charge is 0.269 e. The van der Waals surface area contributed by atoms with Crippen LogP contribution in [-0.2, 0) is 4.79 Å². The van der Waals surface area contributed by atoms with Gasteiger partial charge < -0.3 is 10.1 Å². The van der Waals surface area contributed by atoms with Crippen LogP contribution in [0.5, 0.6) is 5.75 Å². The normalized spacial score (nSPS) is 13.0. The topological polar surface area (TPSA) is 81.5 Å². The zero-order valence-electron chi connectivity index (χ0n) is 12.9. The average molecular weight is 314 g/mol. The molecular weight excluding hydrogens is 296 g/mol. The van der Waals surface area contributed by atoms with Gasteiger partial charge in [0.15, 0.2) is 6.10 Å². The van der Waals surface area contributed by atoms with Crippen molar-refractivity contribution in [2.75, 3.05) is 0 Å². The lowest BCUT2D eigenvalue weighted by molar-refractivity contribution is -0.384. The Bertz CT molecular complexity index is 671. The van der Waals surface area contributed by atoms with Crippen molar-refractivity contribution >= 4 is 11.6 Å². The molecule has 0 aliphatic rings. The number of nitrogens with zero attached hydrogens (tertiary/aromatic N) is 1. The Hall–Kier alpha value is -2.89. The van der Waals surface area contributed by atoms with Crippen LogP contribution in [0.2, 0.25) is 0 Å². The largest absolute Gasteiger partial charge is 0.481 e. The number of rotatable bonds is 6. The highest BCUT2D eigenvalue weighted by Gasteiger charge is 2.18. The van der Waals surface area contributed by atoms with Crippen molar-refractivity contribution in [3.05, 3.63) is 70.3 Å². The van der Waals surface area contributed by atoms with Crippen LogP contribution in [0.25, 0.3) is 0 Å². The van der Waals surface area contributed by atoms with Gasteiger partial charge in [0, 0.05) is 12.1 Å². The summed E-state index contributed by atoms with van der Waals surface area (Å²) in [7, 11) is 0. The molecule has 0 bridgehead atoms. The lowest BCUT2D eigenvalue weighted by Crippen LogP contribution is -2.37. The Morgan fingerprint density at radius 1 is 1.09 bits per heavy atom. The molecule has 0 heterocycles. The minimum absolute atomic E-state index is 0.0212. The van der Waals surface area contributed by atoms with E-state index in [-0.39, 0.29) is 17.6 Å². The highest BCUT2D eigenvalue weighted by molar-refractivity contribution is 5.81. The van der Waals surface area contributed by atoms with E-state index in [1.165, 1.54) is 24.3 Å². The maximum atomic E-state index is 12.2. The van der Waals surface area contributed by atoms with Gasteiger partial charge in [0.25, 0.3) is 11.6 Å². The summed E-state index contributed by atoms with van der Waals surface area (Å²) in [5.41, 5.74) is 0.982. The van der Waals surface area contributed by atoms with Crippen molar-refractivity contribution in [3.63, 3.8) is 0 Å². The Kier molecular flexibility index (Phi) is 5.30. The second-order valence-electron chi connectivity index (χ2n) is 5.15. The average Bonchev–Trinajstić information content (AvgIpc) is 2.56. The van der Waals surface area contributed by atoms with Gasteiger partial charge in [-0.15, -0.1) is 0 Å². The van der Waals surface area contributed by atoms with E-state index >= 15 is 0 Å². The number of carbonyl (C=O) groups is 1. The Labute approximate surface area is 134 Å². The Morgan fingerprint density at radius 2 is 1.70 bits per heavy atom. The molecule has 0 fully saturated rings. The number of hydrogen-bond donors (Lipinski definition) is 1. The van der Waals surface area contributed by atoms with Crippen LogP contribution in [-0.4, -0.2) is 16.9 Å². The molecule has 2 rings (SSSR count). The summed E-state index contributed by atoms with van der Waals surface area (Å²) in [6.07, 6.45) is -0.706. The number of nitrogens with one attached hydrogen (secondary N) is 1. The van der Waals surface area contributed by atoms with Crippen molar-refractivity contribution in [2.24, 2.45) is 0 Å². The molecule has 1 amide bonds. The third kappa shape index (κ3) is 4.54. The van der Waals surface area contributed by atoms with Crippen molar-refractivity contribution < 1.29 is 14.5 Å². The number of nitro benzene ring substituents is 1. The molecule has 0 spiro atoms. The minimum atomic E-state index is -0.706. The molecule has 6 nitrogen and oxygen atoms in total. The number of nitro groups is 1. The van der Waals surface area contributed by atoms with Gasteiger partial charge >= 0.3 is 0 Å². The fourth-order valence-electron chi connectivity index (χ4n) is 2.06. The number of non-ortho nitro benzene ring substituents is 1. The zero-order valence-corrected chi connectivity index (χ0v) is 12.9. The Morgan fingerprint density at radius 3 is 2.26 bits per heavy atom. The molecular formula is C17H18N2O4. The summed E-state index contributed by atoms with van der Waals surface area (Å²) in [5.74, 6) is 0.158. The van der Waals surface area contributed by atoms with Crippen LogP contribution >= 0.6 is 0 Å².